The van der Waals surface area contributed by atoms with E-state index in [9.17, 15) is 58.2 Å². The molecule has 2 aliphatic heterocycles. The quantitative estimate of drug-likeness (QED) is 0.0125. The Labute approximate surface area is 858 Å². The molecule has 1 aromatic rings. The van der Waals surface area contributed by atoms with Gasteiger partial charge < -0.3 is 179 Å². The number of nitrogens with one attached hydrogen (secondary N) is 27. The molecular formula is C84H144N36O22S4. The lowest BCUT2D eigenvalue weighted by molar-refractivity contribution is -0.142. The van der Waals surface area contributed by atoms with Crippen LogP contribution in [0.3, 0.4) is 0 Å². The second-order valence-electron chi connectivity index (χ2n) is 34.6. The van der Waals surface area contributed by atoms with Gasteiger partial charge in [-0.3, -0.25) is 118 Å². The Balaban J connectivity index is 2.59. The van der Waals surface area contributed by atoms with Crippen LogP contribution in [-0.2, 0) is 102 Å². The van der Waals surface area contributed by atoms with Gasteiger partial charge in [0.1, 0.15) is 96.4 Å². The first kappa shape index (κ1) is 126. The third kappa shape index (κ3) is 52.0. The van der Waals surface area contributed by atoms with E-state index in [1.807, 2.05) is 0 Å². The number of unbranched alkanes of at least 4 members (excludes halogenated alkanes) is 1. The minimum atomic E-state index is -1.89. The molecule has 0 aromatic heterocycles. The molecule has 0 saturated carbocycles. The lowest BCUT2D eigenvalue weighted by Gasteiger charge is -2.29. The van der Waals surface area contributed by atoms with Crippen molar-refractivity contribution in [2.24, 2.45) is 63.4 Å². The fourth-order valence-electron chi connectivity index (χ4n) is 13.9. The molecule has 2 fully saturated rings. The van der Waals surface area contributed by atoms with E-state index in [1.54, 1.807) is 13.8 Å². The van der Waals surface area contributed by atoms with Gasteiger partial charge >= 0.3 is 5.97 Å². The number of carbonyl (C=O) groups excluding carboxylic acids is 19. The molecule has 62 heteroatoms. The monoisotopic (exact) mass is 2140 g/mol. The van der Waals surface area contributed by atoms with E-state index < -0.39 is 332 Å². The Kier molecular flexibility index (Phi) is 59.1. The number of rotatable bonds is 44. The van der Waals surface area contributed by atoms with Gasteiger partial charge in [-0.2, -0.15) is 0 Å². The van der Waals surface area contributed by atoms with Crippen LogP contribution in [0.5, 0.6) is 5.75 Å². The van der Waals surface area contributed by atoms with Crippen molar-refractivity contribution in [2.75, 3.05) is 81.9 Å². The first-order chi connectivity index (χ1) is 69.0. The van der Waals surface area contributed by atoms with Crippen molar-refractivity contribution in [2.45, 2.75) is 240 Å². The molecule has 0 spiro atoms. The van der Waals surface area contributed by atoms with E-state index in [0.29, 0.717) is 5.56 Å². The maximum absolute atomic E-state index is 15.5. The fourth-order valence-corrected chi connectivity index (χ4v) is 18.6. The molecule has 0 aliphatic carbocycles. The van der Waals surface area contributed by atoms with E-state index in [1.165, 1.54) is 38.1 Å². The van der Waals surface area contributed by atoms with Gasteiger partial charge in [0.2, 0.25) is 112 Å². The summed E-state index contributed by atoms with van der Waals surface area (Å²) in [7, 11) is 2.98. The zero-order valence-electron chi connectivity index (χ0n) is 81.6. The third-order valence-corrected chi connectivity index (χ3v) is 26.4. The highest BCUT2D eigenvalue weighted by molar-refractivity contribution is 8.77. The van der Waals surface area contributed by atoms with Crippen LogP contribution in [0.4, 0.5) is 0 Å². The van der Waals surface area contributed by atoms with Crippen LogP contribution in [0.2, 0.25) is 0 Å². The van der Waals surface area contributed by atoms with Gasteiger partial charge in [-0.1, -0.05) is 83.0 Å². The number of aromatic hydroxyl groups is 1. The number of guanidine groups is 5. The van der Waals surface area contributed by atoms with Gasteiger partial charge in [0, 0.05) is 75.0 Å². The molecule has 47 N–H and O–H groups in total. The van der Waals surface area contributed by atoms with Crippen molar-refractivity contribution in [3.8, 4) is 5.75 Å². The fraction of sp³-hybridized carbons (Fsp3) is 0.631. The number of aliphatic carboxylic acids is 1. The summed E-state index contributed by atoms with van der Waals surface area (Å²) in [6.45, 7) is 3.24. The van der Waals surface area contributed by atoms with E-state index in [0.717, 1.165) is 43.2 Å². The van der Waals surface area contributed by atoms with Gasteiger partial charge in [-0.25, -0.2) is 4.79 Å². The van der Waals surface area contributed by atoms with Crippen LogP contribution >= 0.6 is 43.2 Å². The zero-order chi connectivity index (χ0) is 109. The smallest absolute Gasteiger partial charge is 0.326 e. The lowest BCUT2D eigenvalue weighted by Crippen LogP contribution is -2.61. The molecule has 19 amide bonds. The van der Waals surface area contributed by atoms with Crippen molar-refractivity contribution in [1.29, 1.82) is 27.0 Å². The molecule has 146 heavy (non-hydrogen) atoms. The number of primary amides is 2. The number of phenolic OH excluding ortho intramolecular Hbond substituents is 1. The average molecular weight is 2140 g/mol. The van der Waals surface area contributed by atoms with Gasteiger partial charge in [0.25, 0.3) is 0 Å². The van der Waals surface area contributed by atoms with E-state index in [4.69, 9.17) is 78.6 Å². The van der Waals surface area contributed by atoms with Crippen molar-refractivity contribution in [3.63, 3.8) is 0 Å². The van der Waals surface area contributed by atoms with Crippen LogP contribution < -0.4 is 169 Å². The number of phenols is 1. The first-order valence-corrected chi connectivity index (χ1v) is 51.9. The van der Waals surface area contributed by atoms with Gasteiger partial charge in [0.15, 0.2) is 29.8 Å². The molecular weight excluding hydrogens is 1990 g/mol. The number of fused-ring (bicyclic) bond motifs is 5. The minimum Gasteiger partial charge on any atom is -0.508 e. The number of nitrogens with two attached hydrogens (primary N) is 9. The Morgan fingerprint density at radius 1 is 0.411 bits per heavy atom. The standard InChI is InChI=1S/C84H144N36O22S4/c1-41(2)32-53-72(134)118-57-39-145-144-38-56(108-63(126)36-105-66(128)50(22-24-59(87)122)114-67(129)46(12-5-6-26-85)111-73(135)54(117-77(57)139)33-43-18-20-44(121)21-19-43)75(137)113-48(15-9-29-101-82(93)94)69(131)115-51(23-25-60(88)123)71(133)120-64(42(3)4)78(140)119-58(76(138)109-45(13-7-27-99-80(89)90)65(127)104-35-62(125)106-52(79(141)142)17-11-31-103-84(97)98)40-146-143-37-55(107-61(124)34-86)74(136)112-47(14-8-28-100-81(91)92)68(130)110-49(70(132)116-53)16-10-30-102-83(95)96/h18-21,41-42,45-58,64,121H,5-17,22-40,85-86H2,1-4H3,(H2,87,122)(H2,88,123)(H,104,127)(H,105,128)(H,106,125)(H,107,124)(H,108,126)(H,109,138)(H,110,130)(H,111,135)(H,112,136)(H,113,137)(H,114,129)(H,115,131)(H,116,132)(H,117,139)(H,118,134)(H,119,140)(H,120,133)(H,141,142)(H4,89,90,99)(H4,91,92,100)(H4,93,94,101)(H4,95,96,102)(H4,97,98,103)/t45-,46-,47-,48-,49-,50-,51-,52-,53-,54-,55-,56-,57-,58-,64-/m0/s1. The van der Waals surface area contributed by atoms with E-state index in [-0.39, 0.29) is 128 Å². The molecule has 3 rings (SSSR count). The average Bonchev–Trinajstić information content (AvgIpc) is 0.846. The summed E-state index contributed by atoms with van der Waals surface area (Å²) in [6.07, 6.45) is -4.52. The molecule has 2 heterocycles. The largest absolute Gasteiger partial charge is 0.508 e. The molecule has 816 valence electrons. The molecule has 0 radical (unpaired) electrons. The number of hydrogen-bond donors (Lipinski definition) is 38. The maximum atomic E-state index is 15.5. The summed E-state index contributed by atoms with van der Waals surface area (Å²) < 4.78 is 0. The summed E-state index contributed by atoms with van der Waals surface area (Å²) in [5.41, 5.74) is 50.9. The Bertz CT molecular complexity index is 4650. The van der Waals surface area contributed by atoms with Crippen LogP contribution in [0, 0.1) is 38.9 Å². The molecule has 58 nitrogen and oxygen atoms in total. The highest BCUT2D eigenvalue weighted by Crippen LogP contribution is 2.27. The first-order valence-electron chi connectivity index (χ1n) is 46.9. The second kappa shape index (κ2) is 68.4. The lowest BCUT2D eigenvalue weighted by atomic mass is 10.0. The van der Waals surface area contributed by atoms with Crippen molar-refractivity contribution in [3.05, 3.63) is 29.8 Å². The van der Waals surface area contributed by atoms with Crippen LogP contribution in [0.1, 0.15) is 149 Å². The Hall–Kier alpha value is -13.9. The SMILES string of the molecule is CC(C)C[C@@H]1NC(=O)[C@H](CCCNC(=N)N)NC(=O)[C@H](CCCNC(=N)N)NC(=O)[C@@H](NC(=O)CN)CSSC[C@@H](C(=O)N[C@@H](CCCNC(=N)N)C(=O)NCC(=O)N[C@@H](CCCNC(=N)N)C(=O)O)NC(=O)[C@H](C(C)C)NC(=O)[C@H](CCC(N)=O)NC(=O)[C@H](CCCNC(=N)N)NC(=O)[C@@H]2CSSC[C@H](NC1=O)C(=O)N[C@@H](Cc1ccc(O)cc1)C(=O)N[C@@H](CCCCN)C(=O)N[C@@H](CCC(N)=O)C(=O)NCC(=O)N2. The minimum absolute atomic E-state index is 0.0515. The van der Waals surface area contributed by atoms with Crippen molar-refractivity contribution < 1.29 is 106 Å². The maximum Gasteiger partial charge on any atom is 0.326 e. The molecule has 0 unspecified atom stereocenters. The highest BCUT2D eigenvalue weighted by atomic mass is 33.1. The molecule has 2 saturated heterocycles. The Morgan fingerprint density at radius 3 is 1.26 bits per heavy atom. The van der Waals surface area contributed by atoms with Crippen molar-refractivity contribution in [1.82, 2.24) is 117 Å². The molecule has 1 aromatic carbocycles. The topological polar surface area (TPSA) is 1000 Å². The summed E-state index contributed by atoms with van der Waals surface area (Å²) in [6, 6.07) is -20.5. The summed E-state index contributed by atoms with van der Waals surface area (Å²) in [5, 5.41) is 115. The normalized spacial score (nSPS) is 22.1. The van der Waals surface area contributed by atoms with E-state index in [2.05, 4.69) is 117 Å². The van der Waals surface area contributed by atoms with Crippen LogP contribution in [-0.4, -0.2) is 331 Å². The third-order valence-electron chi connectivity index (χ3n) is 21.6. The predicted octanol–water partition coefficient (Wildman–Crippen LogP) is -12.0. The highest BCUT2D eigenvalue weighted by Gasteiger charge is 2.41. The summed E-state index contributed by atoms with van der Waals surface area (Å²) >= 11 is 0. The number of carboxylic acid groups (broad SMARTS) is 1. The van der Waals surface area contributed by atoms with Crippen molar-refractivity contribution >= 4 is 191 Å². The molecule has 15 atom stereocenters. The predicted molar refractivity (Wildman–Crippen MR) is 543 cm³/mol. The van der Waals surface area contributed by atoms with Gasteiger partial charge in [-0.15, -0.1) is 0 Å². The van der Waals surface area contributed by atoms with Gasteiger partial charge in [0.05, 0.1) is 19.6 Å². The second-order valence-corrected chi connectivity index (χ2v) is 39.7. The number of benzene rings is 1. The zero-order valence-corrected chi connectivity index (χ0v) is 84.9. The number of carboxylic acids is 1. The van der Waals surface area contributed by atoms with Crippen LogP contribution in [0.25, 0.3) is 0 Å². The number of amides is 19. The van der Waals surface area contributed by atoms with Crippen LogP contribution in [0.15, 0.2) is 24.3 Å². The van der Waals surface area contributed by atoms with Gasteiger partial charge in [-0.05, 0) is 139 Å². The summed E-state index contributed by atoms with van der Waals surface area (Å²) in [5.74, 6) is -28.6. The molecule has 2 bridgehead atoms. The number of hydrogen-bond acceptors (Lipinski definition) is 32. The molecule has 2 aliphatic rings. The Morgan fingerprint density at radius 2 is 0.808 bits per heavy atom. The van der Waals surface area contributed by atoms with E-state index >= 15 is 47.9 Å². The number of carbonyl (C=O) groups is 20. The summed E-state index contributed by atoms with van der Waals surface area (Å²) in [4.78, 5) is 289.